The first kappa shape index (κ1) is 16.5. The van der Waals surface area contributed by atoms with Crippen molar-refractivity contribution < 1.29 is 19.5 Å². The average Bonchev–Trinajstić information content (AvgIpc) is 2.94. The molecule has 22 heavy (non-hydrogen) atoms. The van der Waals surface area contributed by atoms with E-state index >= 15 is 0 Å². The summed E-state index contributed by atoms with van der Waals surface area (Å²) in [5, 5.41) is 11.7. The van der Waals surface area contributed by atoms with Crippen molar-refractivity contribution in [3.63, 3.8) is 0 Å². The van der Waals surface area contributed by atoms with Gasteiger partial charge in [0.2, 0.25) is 5.91 Å². The van der Waals surface area contributed by atoms with Crippen LogP contribution in [-0.2, 0) is 4.79 Å². The molecule has 1 fully saturated rings. The lowest BCUT2D eigenvalue weighted by molar-refractivity contribution is -0.127. The number of primary amides is 1. The van der Waals surface area contributed by atoms with E-state index in [-0.39, 0.29) is 17.7 Å². The molecule has 1 aromatic carbocycles. The molecule has 2 rings (SSSR count). The van der Waals surface area contributed by atoms with Gasteiger partial charge in [-0.05, 0) is 31.0 Å². The largest absolute Gasteiger partial charge is 0.478 e. The van der Waals surface area contributed by atoms with E-state index in [0.29, 0.717) is 17.3 Å². The zero-order chi connectivity index (χ0) is 16.3. The number of carboxylic acid groups (broad SMARTS) is 1. The van der Waals surface area contributed by atoms with Crippen molar-refractivity contribution in [3.05, 3.63) is 33.8 Å². The van der Waals surface area contributed by atoms with E-state index < -0.39 is 23.2 Å². The molecule has 0 radical (unpaired) electrons. The fraction of sp³-hybridized carbons (Fsp3) is 0.400. The van der Waals surface area contributed by atoms with Crippen molar-refractivity contribution in [1.29, 1.82) is 0 Å². The number of nitrogens with two attached hydrogens (primary N) is 1. The molecule has 0 aromatic heterocycles. The van der Waals surface area contributed by atoms with Gasteiger partial charge in [-0.25, -0.2) is 4.79 Å². The van der Waals surface area contributed by atoms with E-state index in [0.717, 1.165) is 12.8 Å². The van der Waals surface area contributed by atoms with Crippen LogP contribution in [0, 0.1) is 5.41 Å². The van der Waals surface area contributed by atoms with Gasteiger partial charge in [-0.2, -0.15) is 0 Å². The molecule has 0 unspecified atom stereocenters. The third-order valence-corrected chi connectivity index (χ3v) is 4.54. The molecule has 7 heteroatoms. The van der Waals surface area contributed by atoms with Gasteiger partial charge in [-0.1, -0.05) is 28.8 Å². The van der Waals surface area contributed by atoms with Crippen LogP contribution in [0.4, 0.5) is 0 Å². The molecule has 0 heterocycles. The van der Waals surface area contributed by atoms with Gasteiger partial charge in [0, 0.05) is 16.6 Å². The van der Waals surface area contributed by atoms with Crippen LogP contribution < -0.4 is 11.1 Å². The zero-order valence-electron chi connectivity index (χ0n) is 11.9. The van der Waals surface area contributed by atoms with Gasteiger partial charge in [0.15, 0.2) is 0 Å². The molecular weight excluding hydrogens is 352 g/mol. The van der Waals surface area contributed by atoms with Gasteiger partial charge < -0.3 is 16.2 Å². The molecule has 1 aliphatic rings. The first-order valence-electron chi connectivity index (χ1n) is 6.96. The van der Waals surface area contributed by atoms with Crippen LogP contribution in [0.1, 0.15) is 46.4 Å². The summed E-state index contributed by atoms with van der Waals surface area (Å²) in [6.07, 6.45) is 3.17. The fourth-order valence-corrected chi connectivity index (χ4v) is 3.25. The molecule has 0 saturated heterocycles. The maximum absolute atomic E-state index is 12.2. The number of hydrogen-bond acceptors (Lipinski definition) is 3. The van der Waals surface area contributed by atoms with Crippen LogP contribution in [-0.4, -0.2) is 29.4 Å². The molecule has 0 spiro atoms. The monoisotopic (exact) mass is 368 g/mol. The number of nitrogens with one attached hydrogen (secondary N) is 1. The van der Waals surface area contributed by atoms with Gasteiger partial charge in [0.05, 0.1) is 11.0 Å². The predicted molar refractivity (Wildman–Crippen MR) is 83.5 cm³/mol. The molecule has 6 nitrogen and oxygen atoms in total. The van der Waals surface area contributed by atoms with E-state index in [1.807, 2.05) is 0 Å². The fourth-order valence-electron chi connectivity index (χ4n) is 2.76. The standard InChI is InChI=1S/C15H17BrN2O4/c16-11-6-9(5-10(7-11)13(20)21)12(19)18-8-15(14(17)22)3-1-2-4-15/h5-7H,1-4,8H2,(H2,17,22)(H,18,19)(H,20,21). The van der Waals surface area contributed by atoms with Crippen molar-refractivity contribution in [2.75, 3.05) is 6.54 Å². The van der Waals surface area contributed by atoms with E-state index in [1.165, 1.54) is 18.2 Å². The summed E-state index contributed by atoms with van der Waals surface area (Å²) >= 11 is 3.18. The van der Waals surface area contributed by atoms with E-state index in [9.17, 15) is 14.4 Å². The van der Waals surface area contributed by atoms with Crippen molar-refractivity contribution in [2.24, 2.45) is 11.1 Å². The number of carboxylic acids is 1. The summed E-state index contributed by atoms with van der Waals surface area (Å²) in [6.45, 7) is 0.177. The lowest BCUT2D eigenvalue weighted by Crippen LogP contribution is -2.44. The topological polar surface area (TPSA) is 109 Å². The predicted octanol–water partition coefficient (Wildman–Crippen LogP) is 1.92. The Bertz CT molecular complexity index is 624. The minimum absolute atomic E-state index is 0.0185. The summed E-state index contributed by atoms with van der Waals surface area (Å²) in [4.78, 5) is 34.9. The zero-order valence-corrected chi connectivity index (χ0v) is 13.5. The highest BCUT2D eigenvalue weighted by atomic mass is 79.9. The quantitative estimate of drug-likeness (QED) is 0.737. The first-order chi connectivity index (χ1) is 10.3. The van der Waals surface area contributed by atoms with Gasteiger partial charge >= 0.3 is 5.97 Å². The van der Waals surface area contributed by atoms with Crippen molar-refractivity contribution in [3.8, 4) is 0 Å². The lowest BCUT2D eigenvalue weighted by Gasteiger charge is -2.25. The second kappa shape index (κ2) is 6.48. The van der Waals surface area contributed by atoms with Crippen molar-refractivity contribution in [1.82, 2.24) is 5.32 Å². The minimum atomic E-state index is -1.11. The summed E-state index contributed by atoms with van der Waals surface area (Å²) in [7, 11) is 0. The van der Waals surface area contributed by atoms with Gasteiger partial charge in [-0.15, -0.1) is 0 Å². The smallest absolute Gasteiger partial charge is 0.335 e. The Labute approximate surface area is 136 Å². The summed E-state index contributed by atoms with van der Waals surface area (Å²) in [6, 6.07) is 4.25. The van der Waals surface area contributed by atoms with E-state index in [2.05, 4.69) is 21.2 Å². The minimum Gasteiger partial charge on any atom is -0.478 e. The normalized spacial score (nSPS) is 16.2. The Morgan fingerprint density at radius 1 is 1.18 bits per heavy atom. The Hall–Kier alpha value is -1.89. The van der Waals surface area contributed by atoms with E-state index in [4.69, 9.17) is 10.8 Å². The second-order valence-corrected chi connectivity index (χ2v) is 6.48. The van der Waals surface area contributed by atoms with Gasteiger partial charge in [-0.3, -0.25) is 9.59 Å². The number of carbonyl (C=O) groups excluding carboxylic acids is 2. The molecule has 0 aliphatic heterocycles. The highest BCUT2D eigenvalue weighted by molar-refractivity contribution is 9.10. The molecule has 118 valence electrons. The van der Waals surface area contributed by atoms with Gasteiger partial charge in [0.1, 0.15) is 0 Å². The molecule has 4 N–H and O–H groups in total. The lowest BCUT2D eigenvalue weighted by atomic mass is 9.85. The highest BCUT2D eigenvalue weighted by Gasteiger charge is 2.39. The number of hydrogen-bond donors (Lipinski definition) is 3. The SMILES string of the molecule is NC(=O)C1(CNC(=O)c2cc(Br)cc(C(=O)O)c2)CCCC1. The molecule has 0 atom stereocenters. The number of halogens is 1. The Morgan fingerprint density at radius 2 is 1.77 bits per heavy atom. The summed E-state index contributed by atoms with van der Waals surface area (Å²) in [5.74, 6) is -1.93. The van der Waals surface area contributed by atoms with Gasteiger partial charge in [0.25, 0.3) is 5.91 Å². The van der Waals surface area contributed by atoms with Crippen molar-refractivity contribution in [2.45, 2.75) is 25.7 Å². The number of aromatic carboxylic acids is 1. The molecule has 1 saturated carbocycles. The maximum Gasteiger partial charge on any atom is 0.335 e. The maximum atomic E-state index is 12.2. The second-order valence-electron chi connectivity index (χ2n) is 5.57. The highest BCUT2D eigenvalue weighted by Crippen LogP contribution is 2.37. The molecule has 2 amide bonds. The van der Waals surface area contributed by atoms with Crippen LogP contribution >= 0.6 is 15.9 Å². The number of amides is 2. The molecule has 1 aliphatic carbocycles. The van der Waals surface area contributed by atoms with E-state index in [1.54, 1.807) is 0 Å². The Morgan fingerprint density at radius 3 is 2.32 bits per heavy atom. The van der Waals surface area contributed by atoms with Crippen LogP contribution in [0.15, 0.2) is 22.7 Å². The third-order valence-electron chi connectivity index (χ3n) is 4.08. The van der Waals surface area contributed by atoms with Crippen LogP contribution in [0.25, 0.3) is 0 Å². The van der Waals surface area contributed by atoms with Crippen LogP contribution in [0.2, 0.25) is 0 Å². The summed E-state index contributed by atoms with van der Waals surface area (Å²) < 4.78 is 0.503. The summed E-state index contributed by atoms with van der Waals surface area (Å²) in [5.41, 5.74) is 5.03. The first-order valence-corrected chi connectivity index (χ1v) is 7.75. The Kier molecular flexibility index (Phi) is 4.85. The third kappa shape index (κ3) is 3.47. The molecular formula is C15H17BrN2O4. The van der Waals surface area contributed by atoms with Crippen LogP contribution in [0.3, 0.4) is 0 Å². The number of rotatable bonds is 5. The molecule has 1 aromatic rings. The average molecular weight is 369 g/mol. The van der Waals surface area contributed by atoms with Crippen molar-refractivity contribution >= 4 is 33.7 Å². The van der Waals surface area contributed by atoms with Crippen LogP contribution in [0.5, 0.6) is 0 Å². The number of benzene rings is 1. The Balaban J connectivity index is 2.12. The molecule has 0 bridgehead atoms. The number of carbonyl (C=O) groups is 3.